The molecule has 0 unspecified atom stereocenters. The van der Waals surface area contributed by atoms with Crippen molar-refractivity contribution in [2.75, 3.05) is 46.9 Å². The second-order valence-corrected chi connectivity index (χ2v) is 8.73. The monoisotopic (exact) mass is 399 g/mol. The number of carbonyl (C=O) groups excluding carboxylic acids is 1. The lowest BCUT2D eigenvalue weighted by Gasteiger charge is -2.28. The van der Waals surface area contributed by atoms with Crippen LogP contribution in [0.25, 0.3) is 0 Å². The fourth-order valence-corrected chi connectivity index (χ4v) is 3.76. The van der Waals surface area contributed by atoms with Gasteiger partial charge in [0.1, 0.15) is 0 Å². The van der Waals surface area contributed by atoms with E-state index in [1.54, 1.807) is 17.0 Å². The first-order valence-electron chi connectivity index (χ1n) is 9.32. The van der Waals surface area contributed by atoms with Gasteiger partial charge in [0.25, 0.3) is 15.9 Å². The number of hydrogen-bond acceptors (Lipinski definition) is 5. The Hall–Kier alpha value is -1.48. The molecule has 7 nitrogen and oxygen atoms in total. The fourth-order valence-electron chi connectivity index (χ4n) is 2.74. The Morgan fingerprint density at radius 2 is 1.78 bits per heavy atom. The van der Waals surface area contributed by atoms with Crippen LogP contribution in [-0.2, 0) is 14.9 Å². The van der Waals surface area contributed by atoms with E-state index in [1.807, 2.05) is 0 Å². The summed E-state index contributed by atoms with van der Waals surface area (Å²) in [5.74, 6) is 0.158. The predicted octanol–water partition coefficient (Wildman–Crippen LogP) is 2.31. The zero-order valence-corrected chi connectivity index (χ0v) is 18.1. The molecule has 0 aliphatic heterocycles. The van der Waals surface area contributed by atoms with Crippen LogP contribution in [0, 0.1) is 5.92 Å². The Morgan fingerprint density at radius 3 is 2.30 bits per heavy atom. The molecule has 1 aromatic rings. The molecule has 154 valence electrons. The van der Waals surface area contributed by atoms with Crippen LogP contribution in [0.1, 0.15) is 38.1 Å². The summed E-state index contributed by atoms with van der Waals surface area (Å²) in [6.45, 7) is 12.2. The lowest BCUT2D eigenvalue weighted by atomic mass is 10.1. The van der Waals surface area contributed by atoms with Crippen molar-refractivity contribution in [3.05, 3.63) is 29.8 Å². The molecule has 0 aliphatic rings. The van der Waals surface area contributed by atoms with Crippen LogP contribution in [0.4, 0.5) is 0 Å². The standard InChI is InChI=1S/C19H33N3O4S/c1-7-21(8-2)12-13-22(15-16(3)4)19(23)17-10-9-11-18(14-17)27(24,25)20(5)26-6/h9-11,14,16H,7-8,12-13,15H2,1-6H3. The number of benzene rings is 1. The molecule has 0 saturated carbocycles. The quantitative estimate of drug-likeness (QED) is 0.534. The molecule has 0 fully saturated rings. The lowest BCUT2D eigenvalue weighted by Crippen LogP contribution is -2.40. The third kappa shape index (κ3) is 6.57. The Balaban J connectivity index is 3.09. The molecule has 0 spiro atoms. The third-order valence-electron chi connectivity index (χ3n) is 4.43. The van der Waals surface area contributed by atoms with E-state index in [9.17, 15) is 13.2 Å². The number of hydrogen-bond donors (Lipinski definition) is 0. The van der Waals surface area contributed by atoms with Crippen molar-refractivity contribution in [2.45, 2.75) is 32.6 Å². The summed E-state index contributed by atoms with van der Waals surface area (Å²) >= 11 is 0. The molecule has 0 atom stereocenters. The minimum absolute atomic E-state index is 0.0333. The topological polar surface area (TPSA) is 70.2 Å². The van der Waals surface area contributed by atoms with Crippen molar-refractivity contribution < 1.29 is 18.0 Å². The second-order valence-electron chi connectivity index (χ2n) is 6.80. The molecular weight excluding hydrogens is 366 g/mol. The van der Waals surface area contributed by atoms with Gasteiger partial charge in [0.2, 0.25) is 0 Å². The number of carbonyl (C=O) groups is 1. The maximum Gasteiger partial charge on any atom is 0.264 e. The van der Waals surface area contributed by atoms with Crippen LogP contribution < -0.4 is 0 Å². The summed E-state index contributed by atoms with van der Waals surface area (Å²) in [5.41, 5.74) is 0.362. The van der Waals surface area contributed by atoms with Gasteiger partial charge < -0.3 is 9.80 Å². The Morgan fingerprint density at radius 1 is 1.15 bits per heavy atom. The van der Waals surface area contributed by atoms with E-state index in [-0.39, 0.29) is 10.8 Å². The van der Waals surface area contributed by atoms with Crippen molar-refractivity contribution in [3.63, 3.8) is 0 Å². The van der Waals surface area contributed by atoms with Crippen molar-refractivity contribution in [1.82, 2.24) is 14.3 Å². The van der Waals surface area contributed by atoms with E-state index in [4.69, 9.17) is 4.84 Å². The maximum absolute atomic E-state index is 13.1. The van der Waals surface area contributed by atoms with Crippen LogP contribution in [0.5, 0.6) is 0 Å². The number of sulfonamides is 1. The molecule has 1 rings (SSSR count). The lowest BCUT2D eigenvalue weighted by molar-refractivity contribution is -0.0258. The number of amides is 1. The van der Waals surface area contributed by atoms with Gasteiger partial charge in [-0.3, -0.25) is 9.63 Å². The summed E-state index contributed by atoms with van der Waals surface area (Å²) in [5, 5.41) is 0. The highest BCUT2D eigenvalue weighted by molar-refractivity contribution is 7.89. The van der Waals surface area contributed by atoms with E-state index in [0.717, 1.165) is 24.1 Å². The van der Waals surface area contributed by atoms with Gasteiger partial charge in [0.15, 0.2) is 0 Å². The van der Waals surface area contributed by atoms with E-state index in [0.29, 0.717) is 24.6 Å². The van der Waals surface area contributed by atoms with Crippen molar-refractivity contribution in [2.24, 2.45) is 5.92 Å². The van der Waals surface area contributed by atoms with E-state index < -0.39 is 10.0 Å². The number of hydroxylamine groups is 1. The molecule has 1 aromatic carbocycles. The van der Waals surface area contributed by atoms with Crippen LogP contribution >= 0.6 is 0 Å². The average molecular weight is 400 g/mol. The zero-order valence-electron chi connectivity index (χ0n) is 17.3. The zero-order chi connectivity index (χ0) is 20.6. The van der Waals surface area contributed by atoms with Gasteiger partial charge in [-0.1, -0.05) is 38.2 Å². The first-order valence-corrected chi connectivity index (χ1v) is 10.8. The molecule has 1 amide bonds. The predicted molar refractivity (Wildman–Crippen MR) is 107 cm³/mol. The molecule has 27 heavy (non-hydrogen) atoms. The number of likely N-dealkylation sites (N-methyl/N-ethyl adjacent to an activating group) is 1. The molecule has 8 heteroatoms. The van der Waals surface area contributed by atoms with Gasteiger partial charge in [-0.15, -0.1) is 0 Å². The summed E-state index contributed by atoms with van der Waals surface area (Å²) in [4.78, 5) is 22.0. The summed E-state index contributed by atoms with van der Waals surface area (Å²) in [6, 6.07) is 6.11. The molecule has 0 saturated heterocycles. The molecule has 0 aliphatic carbocycles. The molecule has 0 radical (unpaired) electrons. The van der Waals surface area contributed by atoms with Gasteiger partial charge >= 0.3 is 0 Å². The first-order chi connectivity index (χ1) is 12.7. The summed E-state index contributed by atoms with van der Waals surface area (Å²) in [7, 11) is -1.19. The highest BCUT2D eigenvalue weighted by Crippen LogP contribution is 2.17. The van der Waals surface area contributed by atoms with Crippen molar-refractivity contribution in [3.8, 4) is 0 Å². The van der Waals surface area contributed by atoms with Gasteiger partial charge in [0, 0.05) is 32.2 Å². The minimum atomic E-state index is -3.80. The summed E-state index contributed by atoms with van der Waals surface area (Å²) < 4.78 is 25.7. The van der Waals surface area contributed by atoms with E-state index in [1.165, 1.54) is 26.3 Å². The van der Waals surface area contributed by atoms with Crippen LogP contribution in [0.3, 0.4) is 0 Å². The second kappa shape index (κ2) is 10.8. The van der Waals surface area contributed by atoms with Crippen LogP contribution in [0.2, 0.25) is 0 Å². The highest BCUT2D eigenvalue weighted by atomic mass is 32.2. The van der Waals surface area contributed by atoms with Crippen molar-refractivity contribution in [1.29, 1.82) is 0 Å². The first kappa shape index (κ1) is 23.6. The van der Waals surface area contributed by atoms with Gasteiger partial charge in [-0.25, -0.2) is 8.42 Å². The van der Waals surface area contributed by atoms with Crippen LogP contribution in [0.15, 0.2) is 29.2 Å². The summed E-state index contributed by atoms with van der Waals surface area (Å²) in [6.07, 6.45) is 0. The Labute approximate surface area is 163 Å². The minimum Gasteiger partial charge on any atom is -0.337 e. The molecule has 0 heterocycles. The molecule has 0 N–H and O–H groups in total. The van der Waals surface area contributed by atoms with Crippen molar-refractivity contribution >= 4 is 15.9 Å². The molecule has 0 bridgehead atoms. The van der Waals surface area contributed by atoms with E-state index in [2.05, 4.69) is 32.6 Å². The van der Waals surface area contributed by atoms with Gasteiger partial charge in [-0.2, -0.15) is 0 Å². The molecule has 0 aromatic heterocycles. The van der Waals surface area contributed by atoms with Gasteiger partial charge in [-0.05, 0) is 37.2 Å². The van der Waals surface area contributed by atoms with Gasteiger partial charge in [0.05, 0.1) is 12.0 Å². The SMILES string of the molecule is CCN(CC)CCN(CC(C)C)C(=O)c1cccc(S(=O)(=O)N(C)OC)c1. The largest absolute Gasteiger partial charge is 0.337 e. The normalized spacial score (nSPS) is 12.2. The Bertz CT molecular complexity index is 703. The smallest absolute Gasteiger partial charge is 0.264 e. The van der Waals surface area contributed by atoms with E-state index >= 15 is 0 Å². The highest BCUT2D eigenvalue weighted by Gasteiger charge is 2.24. The third-order valence-corrected chi connectivity index (χ3v) is 6.10. The maximum atomic E-state index is 13.1. The average Bonchev–Trinajstić information content (AvgIpc) is 2.66. The Kier molecular flexibility index (Phi) is 9.38. The van der Waals surface area contributed by atoms with Crippen LogP contribution in [-0.4, -0.2) is 75.5 Å². The fraction of sp³-hybridized carbons (Fsp3) is 0.632. The molecular formula is C19H33N3O4S. The number of nitrogens with zero attached hydrogens (tertiary/aromatic N) is 3. The number of rotatable bonds is 11.